The van der Waals surface area contributed by atoms with Gasteiger partial charge in [0.2, 0.25) is 5.79 Å². The fraction of sp³-hybridized carbons (Fsp3) is 0.438. The van der Waals surface area contributed by atoms with E-state index >= 15 is 0 Å². The molecule has 122 valence electrons. The van der Waals surface area contributed by atoms with Crippen molar-refractivity contribution < 1.29 is 9.47 Å². The number of fused-ring (bicyclic) bond motifs is 4. The molecule has 2 aliphatic heterocycles. The van der Waals surface area contributed by atoms with E-state index in [1.54, 1.807) is 23.5 Å². The second-order valence-corrected chi connectivity index (χ2v) is 8.14. The Morgan fingerprint density at radius 1 is 1.35 bits per heavy atom. The number of aromatic nitrogens is 1. The second-order valence-electron chi connectivity index (χ2n) is 6.06. The van der Waals surface area contributed by atoms with E-state index in [2.05, 4.69) is 4.57 Å². The van der Waals surface area contributed by atoms with Crippen molar-refractivity contribution in [3.05, 3.63) is 27.9 Å². The van der Waals surface area contributed by atoms with Crippen molar-refractivity contribution in [2.75, 3.05) is 11.6 Å². The average molecular weight is 350 g/mol. The summed E-state index contributed by atoms with van der Waals surface area (Å²) in [5, 5.41) is 1.79. The topological polar surface area (TPSA) is 66.5 Å². The van der Waals surface area contributed by atoms with Gasteiger partial charge in [0.15, 0.2) is 16.9 Å². The molecule has 0 bridgehead atoms. The molecular formula is C16H18N2O3S2. The normalized spacial score (nSPS) is 17.2. The number of ether oxygens (including phenoxy) is 2. The summed E-state index contributed by atoms with van der Waals surface area (Å²) in [5.74, 6) is 2.98. The van der Waals surface area contributed by atoms with Crippen molar-refractivity contribution >= 4 is 34.4 Å². The van der Waals surface area contributed by atoms with Crippen LogP contribution >= 0.6 is 23.5 Å². The molecule has 0 saturated carbocycles. The minimum absolute atomic E-state index is 0.104. The first-order valence-electron chi connectivity index (χ1n) is 7.52. The van der Waals surface area contributed by atoms with Crippen LogP contribution in [0.1, 0.15) is 19.4 Å². The van der Waals surface area contributed by atoms with E-state index in [1.165, 1.54) is 0 Å². The maximum absolute atomic E-state index is 12.9. The first-order valence-corrected chi connectivity index (χ1v) is 9.66. The fourth-order valence-corrected chi connectivity index (χ4v) is 4.53. The summed E-state index contributed by atoms with van der Waals surface area (Å²) in [6, 6.07) is 3.76. The van der Waals surface area contributed by atoms with Crippen LogP contribution < -0.4 is 20.6 Å². The van der Waals surface area contributed by atoms with Crippen molar-refractivity contribution in [2.24, 2.45) is 5.73 Å². The highest BCUT2D eigenvalue weighted by Gasteiger charge is 2.33. The largest absolute Gasteiger partial charge is 0.449 e. The van der Waals surface area contributed by atoms with E-state index in [0.29, 0.717) is 22.8 Å². The summed E-state index contributed by atoms with van der Waals surface area (Å²) in [6.45, 7) is 3.74. The van der Waals surface area contributed by atoms with Crippen molar-refractivity contribution in [3.8, 4) is 11.5 Å². The Balaban J connectivity index is 1.86. The molecule has 0 spiro atoms. The molecule has 0 fully saturated rings. The molecule has 0 saturated heterocycles. The smallest absolute Gasteiger partial charge is 0.246 e. The second kappa shape index (κ2) is 5.36. The molecular weight excluding hydrogens is 332 g/mol. The zero-order valence-electron chi connectivity index (χ0n) is 13.0. The van der Waals surface area contributed by atoms with Gasteiger partial charge < -0.3 is 19.8 Å². The standard InChI is InChI=1S/C16H18N2O3S2/c1-16(2)20-12-5-10-11(6-13(12)21-16)18-8-23-15(18)9(14(10)19)3-4-22-7-17/h5-6H,3-4,7-8,17H2,1-2H3. The maximum Gasteiger partial charge on any atom is 0.246 e. The quantitative estimate of drug-likeness (QED) is 0.676. The van der Waals surface area contributed by atoms with Crippen LogP contribution in [-0.2, 0) is 12.3 Å². The van der Waals surface area contributed by atoms with Crippen molar-refractivity contribution in [1.82, 2.24) is 4.57 Å². The van der Waals surface area contributed by atoms with Gasteiger partial charge in [-0.15, -0.1) is 11.8 Å². The average Bonchev–Trinajstić information content (AvgIpc) is 2.75. The van der Waals surface area contributed by atoms with Gasteiger partial charge in [-0.25, -0.2) is 0 Å². The van der Waals surface area contributed by atoms with E-state index in [0.717, 1.165) is 34.2 Å². The van der Waals surface area contributed by atoms with Crippen LogP contribution in [-0.4, -0.2) is 22.0 Å². The lowest BCUT2D eigenvalue weighted by atomic mass is 10.1. The molecule has 5 nitrogen and oxygen atoms in total. The zero-order chi connectivity index (χ0) is 16.2. The van der Waals surface area contributed by atoms with Crippen molar-refractivity contribution in [1.29, 1.82) is 0 Å². The Labute approximate surface area is 142 Å². The van der Waals surface area contributed by atoms with E-state index in [9.17, 15) is 4.79 Å². The number of rotatable bonds is 4. The fourth-order valence-electron chi connectivity index (χ4n) is 3.02. The molecule has 0 unspecified atom stereocenters. The number of thioether (sulfide) groups is 2. The third-order valence-electron chi connectivity index (χ3n) is 4.03. The number of hydrogen-bond acceptors (Lipinski definition) is 6. The molecule has 2 N–H and O–H groups in total. The molecule has 0 radical (unpaired) electrons. The van der Waals surface area contributed by atoms with Gasteiger partial charge in [0.05, 0.1) is 16.4 Å². The Morgan fingerprint density at radius 3 is 2.74 bits per heavy atom. The van der Waals surface area contributed by atoms with Crippen LogP contribution in [0.15, 0.2) is 22.0 Å². The SMILES string of the molecule is CC1(C)Oc2cc3c(=O)c(CCSCN)c4n(c3cc2O1)CS4. The highest BCUT2D eigenvalue weighted by molar-refractivity contribution is 7.99. The molecule has 3 heterocycles. The minimum Gasteiger partial charge on any atom is -0.449 e. The summed E-state index contributed by atoms with van der Waals surface area (Å²) >= 11 is 3.38. The first-order chi connectivity index (χ1) is 11.0. The van der Waals surface area contributed by atoms with Gasteiger partial charge in [0.25, 0.3) is 0 Å². The van der Waals surface area contributed by atoms with Gasteiger partial charge in [0.1, 0.15) is 0 Å². The summed E-state index contributed by atoms with van der Waals surface area (Å²) in [4.78, 5) is 12.9. The van der Waals surface area contributed by atoms with Gasteiger partial charge in [-0.3, -0.25) is 4.79 Å². The highest BCUT2D eigenvalue weighted by atomic mass is 32.2. The van der Waals surface area contributed by atoms with Crippen LogP contribution in [0, 0.1) is 0 Å². The van der Waals surface area contributed by atoms with Crippen LogP contribution in [0.2, 0.25) is 0 Å². The van der Waals surface area contributed by atoms with E-state index in [-0.39, 0.29) is 5.43 Å². The van der Waals surface area contributed by atoms with Gasteiger partial charge in [-0.2, -0.15) is 0 Å². The molecule has 2 aromatic rings. The Hall–Kier alpha value is -1.31. The van der Waals surface area contributed by atoms with Gasteiger partial charge in [0, 0.05) is 36.7 Å². The predicted octanol–water partition coefficient (Wildman–Crippen LogP) is 2.76. The van der Waals surface area contributed by atoms with Crippen molar-refractivity contribution in [3.63, 3.8) is 0 Å². The Bertz CT molecular complexity index is 861. The van der Waals surface area contributed by atoms with Crippen LogP contribution in [0.3, 0.4) is 0 Å². The molecule has 23 heavy (non-hydrogen) atoms. The predicted molar refractivity (Wildman–Crippen MR) is 94.6 cm³/mol. The van der Waals surface area contributed by atoms with E-state index in [4.69, 9.17) is 15.2 Å². The summed E-state index contributed by atoms with van der Waals surface area (Å²) in [5.41, 5.74) is 7.46. The first kappa shape index (κ1) is 15.2. The minimum atomic E-state index is -0.685. The molecule has 7 heteroatoms. The number of benzene rings is 1. The maximum atomic E-state index is 12.9. The molecule has 0 aliphatic carbocycles. The number of nitrogens with two attached hydrogens (primary N) is 1. The molecule has 1 aromatic heterocycles. The summed E-state index contributed by atoms with van der Waals surface area (Å²) in [7, 11) is 0. The molecule has 0 amide bonds. The van der Waals surface area contributed by atoms with E-state index < -0.39 is 5.79 Å². The number of nitrogens with zero attached hydrogens (tertiary/aromatic N) is 1. The molecule has 1 aromatic carbocycles. The van der Waals surface area contributed by atoms with Crippen LogP contribution in [0.4, 0.5) is 0 Å². The molecule has 2 aliphatic rings. The van der Waals surface area contributed by atoms with Gasteiger partial charge in [-0.05, 0) is 18.2 Å². The van der Waals surface area contributed by atoms with Gasteiger partial charge in [-0.1, -0.05) is 11.8 Å². The highest BCUT2D eigenvalue weighted by Crippen LogP contribution is 2.44. The Morgan fingerprint density at radius 2 is 2.09 bits per heavy atom. The Kier molecular flexibility index (Phi) is 3.55. The lowest BCUT2D eigenvalue weighted by molar-refractivity contribution is -0.0431. The molecule has 0 atom stereocenters. The van der Waals surface area contributed by atoms with Crippen LogP contribution in [0.5, 0.6) is 11.5 Å². The number of hydrogen-bond donors (Lipinski definition) is 1. The van der Waals surface area contributed by atoms with Crippen molar-refractivity contribution in [2.45, 2.75) is 37.0 Å². The summed E-state index contributed by atoms with van der Waals surface area (Å²) in [6.07, 6.45) is 0.749. The third-order valence-corrected chi connectivity index (χ3v) is 5.89. The summed E-state index contributed by atoms with van der Waals surface area (Å²) < 4.78 is 13.8. The van der Waals surface area contributed by atoms with E-state index in [1.807, 2.05) is 26.0 Å². The third kappa shape index (κ3) is 2.42. The lowest BCUT2D eigenvalue weighted by Crippen LogP contribution is -2.29. The monoisotopic (exact) mass is 350 g/mol. The molecule has 4 rings (SSSR count). The zero-order valence-corrected chi connectivity index (χ0v) is 14.7. The lowest BCUT2D eigenvalue weighted by Gasteiger charge is -2.27. The number of pyridine rings is 1. The van der Waals surface area contributed by atoms with Crippen LogP contribution in [0.25, 0.3) is 10.9 Å². The van der Waals surface area contributed by atoms with Gasteiger partial charge >= 0.3 is 0 Å².